The molecule has 0 amide bonds. The number of aromatic nitrogens is 1. The number of thiazole rings is 1. The predicted octanol–water partition coefficient (Wildman–Crippen LogP) is 6.79. The van der Waals surface area contributed by atoms with E-state index in [1.54, 1.807) is 13.8 Å². The Hall–Kier alpha value is -4.26. The van der Waals surface area contributed by atoms with Crippen molar-refractivity contribution in [2.45, 2.75) is 13.8 Å². The molecule has 2 aromatic heterocycles. The quantitative estimate of drug-likeness (QED) is 0.198. The summed E-state index contributed by atoms with van der Waals surface area (Å²) in [5, 5.41) is 15.6. The lowest BCUT2D eigenvalue weighted by Crippen LogP contribution is -2.08. The lowest BCUT2D eigenvalue weighted by Gasteiger charge is -2.05. The molecule has 37 heavy (non-hydrogen) atoms. The van der Waals surface area contributed by atoms with Crippen LogP contribution in [0.25, 0.3) is 28.0 Å². The van der Waals surface area contributed by atoms with Gasteiger partial charge >= 0.3 is 11.9 Å². The molecule has 2 aromatic carbocycles. The van der Waals surface area contributed by atoms with Crippen molar-refractivity contribution in [1.82, 2.24) is 4.98 Å². The van der Waals surface area contributed by atoms with E-state index in [9.17, 15) is 14.9 Å². The Bertz CT molecular complexity index is 1500. The summed E-state index contributed by atoms with van der Waals surface area (Å²) in [6, 6.07) is 20.4. The van der Waals surface area contributed by atoms with Crippen LogP contribution >= 0.6 is 22.7 Å². The van der Waals surface area contributed by atoms with Gasteiger partial charge in [0.15, 0.2) is 0 Å². The Balaban J connectivity index is 1.59. The number of hydrogen-bond donors (Lipinski definition) is 1. The fourth-order valence-electron chi connectivity index (χ4n) is 3.63. The summed E-state index contributed by atoms with van der Waals surface area (Å²) in [7, 11) is 1.28. The van der Waals surface area contributed by atoms with E-state index in [1.807, 2.05) is 47.8 Å². The van der Waals surface area contributed by atoms with Crippen molar-refractivity contribution in [1.29, 1.82) is 5.26 Å². The standard InChI is InChI=1S/C28H23N3O4S2/c1-4-35-27(32)23-17(2)24(28(33)34-3)37-26(23)30-15-21(14-29)25-31-22(16-36-25)20-12-10-19(11-13-20)18-8-6-5-7-9-18/h5-13,15-16,30H,4H2,1-3H3. The third kappa shape index (κ3) is 5.61. The van der Waals surface area contributed by atoms with Crippen molar-refractivity contribution in [3.8, 4) is 28.5 Å². The van der Waals surface area contributed by atoms with Crippen LogP contribution in [0, 0.1) is 18.3 Å². The van der Waals surface area contributed by atoms with Gasteiger partial charge in [-0.3, -0.25) is 0 Å². The normalized spacial score (nSPS) is 11.0. The van der Waals surface area contributed by atoms with E-state index >= 15 is 0 Å². The van der Waals surface area contributed by atoms with Gasteiger partial charge in [0.05, 0.1) is 25.0 Å². The van der Waals surface area contributed by atoms with Crippen LogP contribution in [0.3, 0.4) is 0 Å². The zero-order valence-electron chi connectivity index (χ0n) is 20.4. The highest BCUT2D eigenvalue weighted by Gasteiger charge is 2.26. The molecule has 186 valence electrons. The number of esters is 2. The SMILES string of the molecule is CCOC(=O)c1c(NC=C(C#N)c2nc(-c3ccc(-c4ccccc4)cc3)cs2)sc(C(=O)OC)c1C. The summed E-state index contributed by atoms with van der Waals surface area (Å²) in [5.74, 6) is -1.11. The zero-order valence-corrected chi connectivity index (χ0v) is 22.0. The van der Waals surface area contributed by atoms with E-state index in [2.05, 4.69) is 28.5 Å². The van der Waals surface area contributed by atoms with Crippen LogP contribution in [0.5, 0.6) is 0 Å². The molecule has 0 atom stereocenters. The second kappa shape index (κ2) is 11.6. The molecule has 0 saturated heterocycles. The summed E-state index contributed by atoms with van der Waals surface area (Å²) in [5.41, 5.74) is 4.92. The molecule has 0 bridgehead atoms. The molecule has 9 heteroatoms. The van der Waals surface area contributed by atoms with Crippen molar-refractivity contribution < 1.29 is 19.1 Å². The number of rotatable bonds is 8. The first-order valence-electron chi connectivity index (χ1n) is 11.3. The van der Waals surface area contributed by atoms with Gasteiger partial charge < -0.3 is 14.8 Å². The topological polar surface area (TPSA) is 101 Å². The number of carbonyl (C=O) groups excluding carboxylic acids is 2. The Labute approximate surface area is 222 Å². The highest BCUT2D eigenvalue weighted by Crippen LogP contribution is 2.35. The predicted molar refractivity (Wildman–Crippen MR) is 147 cm³/mol. The molecule has 0 spiro atoms. The Morgan fingerprint density at radius 3 is 2.38 bits per heavy atom. The lowest BCUT2D eigenvalue weighted by atomic mass is 10.0. The third-order valence-electron chi connectivity index (χ3n) is 5.49. The molecule has 0 aliphatic rings. The summed E-state index contributed by atoms with van der Waals surface area (Å²) < 4.78 is 10.00. The van der Waals surface area contributed by atoms with Crippen molar-refractivity contribution in [2.75, 3.05) is 19.0 Å². The van der Waals surface area contributed by atoms with E-state index < -0.39 is 11.9 Å². The minimum atomic E-state index is -0.559. The van der Waals surface area contributed by atoms with Gasteiger partial charge in [0, 0.05) is 17.1 Å². The van der Waals surface area contributed by atoms with Crippen LogP contribution in [-0.2, 0) is 9.47 Å². The Kier molecular flexibility index (Phi) is 8.13. The summed E-state index contributed by atoms with van der Waals surface area (Å²) >= 11 is 2.41. The largest absolute Gasteiger partial charge is 0.465 e. The molecule has 0 unspecified atom stereocenters. The molecular formula is C28H23N3O4S2. The van der Waals surface area contributed by atoms with Crippen LogP contribution in [0.4, 0.5) is 5.00 Å². The number of anilines is 1. The number of carbonyl (C=O) groups is 2. The Morgan fingerprint density at radius 2 is 1.73 bits per heavy atom. The maximum Gasteiger partial charge on any atom is 0.348 e. The van der Waals surface area contributed by atoms with Crippen LogP contribution in [0.2, 0.25) is 0 Å². The molecule has 0 fully saturated rings. The van der Waals surface area contributed by atoms with Gasteiger partial charge in [0.25, 0.3) is 0 Å². The second-order valence-electron chi connectivity index (χ2n) is 7.77. The number of nitriles is 1. The molecule has 0 aliphatic heterocycles. The monoisotopic (exact) mass is 529 g/mol. The molecule has 2 heterocycles. The first kappa shape index (κ1) is 25.8. The number of ether oxygens (including phenoxy) is 2. The average Bonchev–Trinajstić information content (AvgIpc) is 3.54. The van der Waals surface area contributed by atoms with Crippen molar-refractivity contribution in [2.24, 2.45) is 0 Å². The van der Waals surface area contributed by atoms with E-state index in [0.717, 1.165) is 33.7 Å². The second-order valence-corrected chi connectivity index (χ2v) is 9.65. The third-order valence-corrected chi connectivity index (χ3v) is 7.57. The number of nitrogens with zero attached hydrogens (tertiary/aromatic N) is 2. The number of methoxy groups -OCH3 is 1. The summed E-state index contributed by atoms with van der Waals surface area (Å²) in [4.78, 5) is 29.7. The molecule has 4 aromatic rings. The van der Waals surface area contributed by atoms with Gasteiger partial charge in [-0.2, -0.15) is 5.26 Å². The Morgan fingerprint density at radius 1 is 1.05 bits per heavy atom. The van der Waals surface area contributed by atoms with Crippen molar-refractivity contribution in [3.05, 3.63) is 87.2 Å². The van der Waals surface area contributed by atoms with E-state index in [-0.39, 0.29) is 22.6 Å². The molecule has 7 nitrogen and oxygen atoms in total. The summed E-state index contributed by atoms with van der Waals surface area (Å²) in [6.07, 6.45) is 1.48. The smallest absolute Gasteiger partial charge is 0.348 e. The van der Waals surface area contributed by atoms with E-state index in [4.69, 9.17) is 9.47 Å². The van der Waals surface area contributed by atoms with Gasteiger partial charge in [-0.15, -0.1) is 22.7 Å². The van der Waals surface area contributed by atoms with Crippen LogP contribution in [0.1, 0.15) is 37.5 Å². The first-order chi connectivity index (χ1) is 18.0. The minimum Gasteiger partial charge on any atom is -0.465 e. The highest BCUT2D eigenvalue weighted by atomic mass is 32.1. The maximum absolute atomic E-state index is 12.6. The van der Waals surface area contributed by atoms with E-state index in [0.29, 0.717) is 15.6 Å². The van der Waals surface area contributed by atoms with Crippen LogP contribution < -0.4 is 5.32 Å². The van der Waals surface area contributed by atoms with E-state index in [1.165, 1.54) is 24.6 Å². The summed E-state index contributed by atoms with van der Waals surface area (Å²) in [6.45, 7) is 3.55. The number of allylic oxidation sites excluding steroid dienone is 1. The van der Waals surface area contributed by atoms with Gasteiger partial charge in [0.1, 0.15) is 26.5 Å². The molecule has 1 N–H and O–H groups in total. The first-order valence-corrected chi connectivity index (χ1v) is 13.0. The number of thiophene rings is 1. The lowest BCUT2D eigenvalue weighted by molar-refractivity contribution is 0.0527. The minimum absolute atomic E-state index is 0.189. The highest BCUT2D eigenvalue weighted by molar-refractivity contribution is 7.18. The van der Waals surface area contributed by atoms with Gasteiger partial charge in [-0.25, -0.2) is 14.6 Å². The number of benzene rings is 2. The molecular weight excluding hydrogens is 506 g/mol. The number of nitrogens with one attached hydrogen (secondary N) is 1. The van der Waals surface area contributed by atoms with Gasteiger partial charge in [0.2, 0.25) is 0 Å². The maximum atomic E-state index is 12.6. The van der Waals surface area contributed by atoms with Gasteiger partial charge in [-0.05, 0) is 30.5 Å². The average molecular weight is 530 g/mol. The molecule has 0 aliphatic carbocycles. The molecule has 0 radical (unpaired) electrons. The molecule has 0 saturated carbocycles. The zero-order chi connectivity index (χ0) is 26.4. The fraction of sp³-hybridized carbons (Fsp3) is 0.143. The fourth-order valence-corrected chi connectivity index (χ4v) is 5.50. The van der Waals surface area contributed by atoms with Crippen LogP contribution in [-0.4, -0.2) is 30.6 Å². The van der Waals surface area contributed by atoms with Gasteiger partial charge in [-0.1, -0.05) is 54.6 Å². The van der Waals surface area contributed by atoms with Crippen LogP contribution in [0.15, 0.2) is 66.2 Å². The van der Waals surface area contributed by atoms with Crippen molar-refractivity contribution in [3.63, 3.8) is 0 Å². The number of hydrogen-bond acceptors (Lipinski definition) is 9. The van der Waals surface area contributed by atoms with Crippen molar-refractivity contribution >= 4 is 45.2 Å². The molecule has 4 rings (SSSR count).